The Balaban J connectivity index is 1.71. The van der Waals surface area contributed by atoms with Gasteiger partial charge in [0.1, 0.15) is 48.8 Å². The van der Waals surface area contributed by atoms with Gasteiger partial charge in [-0.3, -0.25) is 4.79 Å². The maximum absolute atomic E-state index is 13.2. The lowest BCUT2D eigenvalue weighted by molar-refractivity contribution is -0.359. The molecule has 394 valence electrons. The summed E-state index contributed by atoms with van der Waals surface area (Å²) in [5.74, 6) is -0.249. The number of aliphatic hydroxyl groups excluding tert-OH is 8. The molecule has 2 fully saturated rings. The summed E-state index contributed by atoms with van der Waals surface area (Å²) in [6.07, 6.45) is 28.3. The van der Waals surface area contributed by atoms with E-state index in [0.717, 1.165) is 38.5 Å². The first-order valence-corrected chi connectivity index (χ1v) is 27.1. The minimum Gasteiger partial charge on any atom is -0.394 e. The maximum atomic E-state index is 13.2. The molecule has 0 radical (unpaired) electrons. The molecule has 0 aromatic heterocycles. The largest absolute Gasteiger partial charge is 0.394 e. The topological polar surface area (TPSA) is 228 Å². The molecule has 0 aromatic carbocycles. The van der Waals surface area contributed by atoms with Gasteiger partial charge in [-0.05, 0) is 32.1 Å². The van der Waals surface area contributed by atoms with Crippen molar-refractivity contribution < 1.29 is 64.6 Å². The van der Waals surface area contributed by atoms with Gasteiger partial charge in [0.25, 0.3) is 0 Å². The van der Waals surface area contributed by atoms with Gasteiger partial charge in [-0.15, -0.1) is 0 Å². The molecule has 2 rings (SSSR count). The van der Waals surface area contributed by atoms with Crippen LogP contribution in [0.2, 0.25) is 0 Å². The Morgan fingerprint density at radius 3 is 1.46 bits per heavy atom. The van der Waals surface area contributed by atoms with Crippen molar-refractivity contribution in [1.82, 2.24) is 5.32 Å². The highest BCUT2D eigenvalue weighted by Crippen LogP contribution is 2.30. The standard InChI is InChI=1S/C53H99NO13/c1-3-5-7-9-11-13-14-15-16-17-18-19-20-21-22-23-24-25-26-27-29-31-33-35-37-45(58)54-41(42(57)36-34-32-30-28-12-10-8-6-4-2)40-64-52-50(63)48(61)51(44(39-56)66-52)67-53-49(62)47(60)46(59)43(38-55)65-53/h12,28,34,36,41-44,46-53,55-57,59-63H,3-11,13-27,29-33,35,37-40H2,1-2H3,(H,54,58)/b28-12+,36-34+. The Morgan fingerprint density at radius 1 is 0.522 bits per heavy atom. The predicted octanol–water partition coefficient (Wildman–Crippen LogP) is 7.72. The number of amides is 1. The summed E-state index contributed by atoms with van der Waals surface area (Å²) in [5.41, 5.74) is 0. The molecule has 12 atom stereocenters. The van der Waals surface area contributed by atoms with Crippen molar-refractivity contribution in [2.75, 3.05) is 19.8 Å². The molecule has 9 N–H and O–H groups in total. The second-order valence-electron chi connectivity index (χ2n) is 19.4. The quantitative estimate of drug-likeness (QED) is 0.0211. The molecule has 2 saturated heterocycles. The first kappa shape index (κ1) is 61.6. The molecule has 2 aliphatic rings. The van der Waals surface area contributed by atoms with Crippen LogP contribution in [0.25, 0.3) is 0 Å². The fourth-order valence-electron chi connectivity index (χ4n) is 8.95. The van der Waals surface area contributed by atoms with Gasteiger partial charge in [-0.25, -0.2) is 0 Å². The molecule has 0 aliphatic carbocycles. The second-order valence-corrected chi connectivity index (χ2v) is 19.4. The zero-order valence-corrected chi connectivity index (χ0v) is 41.9. The Morgan fingerprint density at radius 2 is 0.955 bits per heavy atom. The van der Waals surface area contributed by atoms with Crippen LogP contribution in [0.3, 0.4) is 0 Å². The van der Waals surface area contributed by atoms with E-state index in [9.17, 15) is 45.6 Å². The molecule has 1 amide bonds. The van der Waals surface area contributed by atoms with Crippen LogP contribution in [-0.2, 0) is 23.7 Å². The van der Waals surface area contributed by atoms with Crippen molar-refractivity contribution in [2.24, 2.45) is 0 Å². The highest BCUT2D eigenvalue weighted by atomic mass is 16.7. The van der Waals surface area contributed by atoms with E-state index in [2.05, 4.69) is 31.3 Å². The molecule has 12 unspecified atom stereocenters. The van der Waals surface area contributed by atoms with Crippen molar-refractivity contribution >= 4 is 5.91 Å². The molecule has 0 spiro atoms. The summed E-state index contributed by atoms with van der Waals surface area (Å²) < 4.78 is 22.6. The lowest BCUT2D eigenvalue weighted by Crippen LogP contribution is -2.65. The summed E-state index contributed by atoms with van der Waals surface area (Å²) >= 11 is 0. The number of ether oxygens (including phenoxy) is 4. The molecule has 0 saturated carbocycles. The third-order valence-electron chi connectivity index (χ3n) is 13.4. The maximum Gasteiger partial charge on any atom is 0.220 e. The lowest BCUT2D eigenvalue weighted by Gasteiger charge is -2.46. The van der Waals surface area contributed by atoms with Gasteiger partial charge in [0.2, 0.25) is 5.91 Å². The zero-order valence-electron chi connectivity index (χ0n) is 41.9. The van der Waals surface area contributed by atoms with Gasteiger partial charge in [0.15, 0.2) is 12.6 Å². The Bertz CT molecular complexity index is 1220. The van der Waals surface area contributed by atoms with Crippen molar-refractivity contribution in [2.45, 2.75) is 286 Å². The van der Waals surface area contributed by atoms with Gasteiger partial charge < -0.3 is 65.1 Å². The first-order valence-electron chi connectivity index (χ1n) is 27.1. The second kappa shape index (κ2) is 40.1. The number of unbranched alkanes of at least 4 members (excludes halogenated alkanes) is 27. The fourth-order valence-corrected chi connectivity index (χ4v) is 8.95. The van der Waals surface area contributed by atoms with E-state index in [0.29, 0.717) is 12.8 Å². The summed E-state index contributed by atoms with van der Waals surface area (Å²) in [6, 6.07) is -0.925. The number of carbonyl (C=O) groups is 1. The normalized spacial score (nSPS) is 26.7. The molecule has 2 aliphatic heterocycles. The van der Waals surface area contributed by atoms with Crippen LogP contribution in [0.4, 0.5) is 0 Å². The highest BCUT2D eigenvalue weighted by Gasteiger charge is 2.51. The Kier molecular flexibility index (Phi) is 36.9. The number of nitrogens with one attached hydrogen (secondary N) is 1. The van der Waals surface area contributed by atoms with E-state index in [1.165, 1.54) is 141 Å². The molecule has 14 heteroatoms. The molecule has 14 nitrogen and oxygen atoms in total. The average Bonchev–Trinajstić information content (AvgIpc) is 3.32. The van der Waals surface area contributed by atoms with Crippen molar-refractivity contribution in [3.05, 3.63) is 24.3 Å². The van der Waals surface area contributed by atoms with Crippen LogP contribution in [-0.4, -0.2) is 140 Å². The van der Waals surface area contributed by atoms with Gasteiger partial charge in [-0.1, -0.05) is 199 Å². The minimum atomic E-state index is -1.79. The van der Waals surface area contributed by atoms with Gasteiger partial charge in [0.05, 0.1) is 32.0 Å². The number of allylic oxidation sites excluding steroid dienone is 3. The van der Waals surface area contributed by atoms with Gasteiger partial charge in [-0.2, -0.15) is 0 Å². The number of hydrogen-bond acceptors (Lipinski definition) is 13. The van der Waals surface area contributed by atoms with Crippen LogP contribution in [0.1, 0.15) is 213 Å². The van der Waals surface area contributed by atoms with E-state index in [4.69, 9.17) is 18.9 Å². The molecule has 2 heterocycles. The summed E-state index contributed by atoms with van der Waals surface area (Å²) in [5, 5.41) is 86.6. The smallest absolute Gasteiger partial charge is 0.220 e. The monoisotopic (exact) mass is 958 g/mol. The van der Waals surface area contributed by atoms with E-state index < -0.39 is 86.8 Å². The highest BCUT2D eigenvalue weighted by molar-refractivity contribution is 5.76. The van der Waals surface area contributed by atoms with E-state index in [1.807, 2.05) is 6.08 Å². The van der Waals surface area contributed by atoms with E-state index >= 15 is 0 Å². The SMILES string of the molecule is CCCCC/C=C/CC/C=C/C(O)C(COC1OC(CO)C(OC2OC(CO)C(O)C(O)C2O)C(O)C1O)NC(=O)CCCCCCCCCCCCCCCCCCCCCCCCCC. The molecular formula is C53H99NO13. The molecule has 0 aromatic rings. The number of rotatable bonds is 42. The van der Waals surface area contributed by atoms with Crippen molar-refractivity contribution in [3.8, 4) is 0 Å². The average molecular weight is 958 g/mol. The van der Waals surface area contributed by atoms with Crippen LogP contribution in [0.15, 0.2) is 24.3 Å². The van der Waals surface area contributed by atoms with Gasteiger partial charge >= 0.3 is 0 Å². The number of hydrogen-bond donors (Lipinski definition) is 9. The van der Waals surface area contributed by atoms with Crippen molar-refractivity contribution in [3.63, 3.8) is 0 Å². The molecule has 0 bridgehead atoms. The molecular weight excluding hydrogens is 859 g/mol. The van der Waals surface area contributed by atoms with E-state index in [1.54, 1.807) is 6.08 Å². The number of aliphatic hydroxyl groups is 8. The lowest BCUT2D eigenvalue weighted by atomic mass is 9.97. The summed E-state index contributed by atoms with van der Waals surface area (Å²) in [6.45, 7) is 2.72. The Hall–Kier alpha value is -1.53. The zero-order chi connectivity index (χ0) is 48.9. The Labute approximate surface area is 405 Å². The third-order valence-corrected chi connectivity index (χ3v) is 13.4. The van der Waals surface area contributed by atoms with Crippen LogP contribution in [0, 0.1) is 0 Å². The van der Waals surface area contributed by atoms with Crippen LogP contribution < -0.4 is 5.32 Å². The van der Waals surface area contributed by atoms with Crippen molar-refractivity contribution in [1.29, 1.82) is 0 Å². The first-order chi connectivity index (χ1) is 32.6. The number of carbonyl (C=O) groups excluding carboxylic acids is 1. The predicted molar refractivity (Wildman–Crippen MR) is 263 cm³/mol. The van der Waals surface area contributed by atoms with E-state index in [-0.39, 0.29) is 18.9 Å². The van der Waals surface area contributed by atoms with Crippen LogP contribution >= 0.6 is 0 Å². The minimum absolute atomic E-state index is 0.249. The fraction of sp³-hybridized carbons (Fsp3) is 0.906. The molecule has 67 heavy (non-hydrogen) atoms. The summed E-state index contributed by atoms with van der Waals surface area (Å²) in [7, 11) is 0. The third kappa shape index (κ3) is 27.0. The summed E-state index contributed by atoms with van der Waals surface area (Å²) in [4.78, 5) is 13.2. The van der Waals surface area contributed by atoms with Crippen LogP contribution in [0.5, 0.6) is 0 Å². The van der Waals surface area contributed by atoms with Gasteiger partial charge in [0, 0.05) is 6.42 Å².